The van der Waals surface area contributed by atoms with Crippen LogP contribution in [0.2, 0.25) is 0 Å². The molecule has 1 heterocycles. The minimum absolute atomic E-state index is 0. The average molecular weight is 507 g/mol. The maximum absolute atomic E-state index is 5.22. The molecule has 0 aliphatic carbocycles. The molecule has 0 saturated carbocycles. The van der Waals surface area contributed by atoms with Gasteiger partial charge < -0.3 is 19.5 Å². The van der Waals surface area contributed by atoms with E-state index in [-0.39, 0.29) is 24.0 Å². The van der Waals surface area contributed by atoms with Gasteiger partial charge in [-0.1, -0.05) is 24.3 Å². The van der Waals surface area contributed by atoms with Crippen molar-refractivity contribution >= 4 is 41.0 Å². The van der Waals surface area contributed by atoms with Crippen LogP contribution >= 0.6 is 24.0 Å². The summed E-state index contributed by atoms with van der Waals surface area (Å²) in [4.78, 5) is 11.2. The second kappa shape index (κ2) is 11.0. The second-order valence-corrected chi connectivity index (χ2v) is 6.83. The van der Waals surface area contributed by atoms with Crippen LogP contribution in [0.15, 0.2) is 53.5 Å². The van der Waals surface area contributed by atoms with Crippen LogP contribution < -0.4 is 10.1 Å². The Bertz CT molecular complexity index is 936. The minimum atomic E-state index is 0. The summed E-state index contributed by atoms with van der Waals surface area (Å²) >= 11 is 0. The highest BCUT2D eigenvalue weighted by Gasteiger charge is 2.08. The number of aromatic nitrogens is 2. The Hall–Kier alpha value is -2.29. The number of aliphatic imine (C=N–C) groups is 1. The van der Waals surface area contributed by atoms with Crippen molar-refractivity contribution in [2.45, 2.75) is 26.4 Å². The molecule has 0 spiro atoms. The van der Waals surface area contributed by atoms with E-state index in [0.29, 0.717) is 0 Å². The number of hydrogen-bond acceptors (Lipinski definition) is 3. The SMILES string of the molecule is CN=C(NCCCn1c(C)nc2ccccc21)N(C)Cc1ccc(OC)cc1.I. The summed E-state index contributed by atoms with van der Waals surface area (Å²) in [6.45, 7) is 4.63. The van der Waals surface area contributed by atoms with Crippen LogP contribution in [0.25, 0.3) is 11.0 Å². The summed E-state index contributed by atoms with van der Waals surface area (Å²) in [7, 11) is 5.55. The number of nitrogens with zero attached hydrogens (tertiary/aromatic N) is 4. The van der Waals surface area contributed by atoms with Crippen molar-refractivity contribution in [1.82, 2.24) is 19.8 Å². The smallest absolute Gasteiger partial charge is 0.193 e. The number of ether oxygens (including phenoxy) is 1. The van der Waals surface area contributed by atoms with Gasteiger partial charge in [-0.25, -0.2) is 4.98 Å². The molecule has 0 radical (unpaired) electrons. The summed E-state index contributed by atoms with van der Waals surface area (Å²) in [6.07, 6.45) is 0.997. The first-order valence-corrected chi connectivity index (χ1v) is 9.59. The van der Waals surface area contributed by atoms with E-state index in [1.165, 1.54) is 11.1 Å². The van der Waals surface area contributed by atoms with Crippen LogP contribution in [-0.4, -0.2) is 48.2 Å². The lowest BCUT2D eigenvalue weighted by atomic mass is 10.2. The van der Waals surface area contributed by atoms with Crippen molar-refractivity contribution in [3.05, 3.63) is 59.9 Å². The zero-order valence-electron chi connectivity index (χ0n) is 17.6. The van der Waals surface area contributed by atoms with Crippen LogP contribution in [0.1, 0.15) is 17.8 Å². The van der Waals surface area contributed by atoms with Crippen LogP contribution in [-0.2, 0) is 13.1 Å². The monoisotopic (exact) mass is 507 g/mol. The van der Waals surface area contributed by atoms with Crippen molar-refractivity contribution < 1.29 is 4.74 Å². The topological polar surface area (TPSA) is 54.7 Å². The van der Waals surface area contributed by atoms with Gasteiger partial charge in [0, 0.05) is 33.7 Å². The van der Waals surface area contributed by atoms with E-state index in [4.69, 9.17) is 4.74 Å². The Morgan fingerprint density at radius 1 is 1.17 bits per heavy atom. The lowest BCUT2D eigenvalue weighted by Gasteiger charge is -2.22. The molecule has 6 nitrogen and oxygen atoms in total. The van der Waals surface area contributed by atoms with Gasteiger partial charge in [0.05, 0.1) is 18.1 Å². The normalized spacial score (nSPS) is 11.2. The van der Waals surface area contributed by atoms with Gasteiger partial charge in [-0.05, 0) is 43.2 Å². The highest BCUT2D eigenvalue weighted by atomic mass is 127. The fourth-order valence-electron chi connectivity index (χ4n) is 3.38. The van der Waals surface area contributed by atoms with Crippen molar-refractivity contribution in [1.29, 1.82) is 0 Å². The molecule has 29 heavy (non-hydrogen) atoms. The van der Waals surface area contributed by atoms with E-state index in [2.05, 4.69) is 62.0 Å². The molecule has 2 aromatic carbocycles. The number of fused-ring (bicyclic) bond motifs is 1. The third-order valence-electron chi connectivity index (χ3n) is 4.84. The Balaban J connectivity index is 0.00000300. The van der Waals surface area contributed by atoms with Gasteiger partial charge in [0.15, 0.2) is 5.96 Å². The Kier molecular flexibility index (Phi) is 8.75. The number of halogens is 1. The first-order valence-electron chi connectivity index (χ1n) is 9.59. The zero-order valence-corrected chi connectivity index (χ0v) is 19.9. The average Bonchev–Trinajstić information content (AvgIpc) is 3.03. The maximum Gasteiger partial charge on any atom is 0.193 e. The first kappa shape index (κ1) is 23.0. The summed E-state index contributed by atoms with van der Waals surface area (Å²) in [5.41, 5.74) is 3.47. The van der Waals surface area contributed by atoms with Crippen molar-refractivity contribution in [2.24, 2.45) is 4.99 Å². The highest BCUT2D eigenvalue weighted by molar-refractivity contribution is 14.0. The Morgan fingerprint density at radius 3 is 2.59 bits per heavy atom. The minimum Gasteiger partial charge on any atom is -0.497 e. The molecule has 0 aliphatic rings. The van der Waals surface area contributed by atoms with E-state index in [0.717, 1.165) is 49.1 Å². The molecule has 0 fully saturated rings. The van der Waals surface area contributed by atoms with Crippen LogP contribution in [0.4, 0.5) is 0 Å². The number of rotatable bonds is 7. The Morgan fingerprint density at radius 2 is 1.90 bits per heavy atom. The second-order valence-electron chi connectivity index (χ2n) is 6.83. The van der Waals surface area contributed by atoms with E-state index in [1.807, 2.05) is 32.3 Å². The van der Waals surface area contributed by atoms with Gasteiger partial charge in [-0.15, -0.1) is 24.0 Å². The van der Waals surface area contributed by atoms with Crippen LogP contribution in [0.5, 0.6) is 5.75 Å². The number of benzene rings is 2. The molecule has 0 amide bonds. The lowest BCUT2D eigenvalue weighted by Crippen LogP contribution is -2.39. The molecule has 0 bridgehead atoms. The summed E-state index contributed by atoms with van der Waals surface area (Å²) < 4.78 is 7.50. The number of para-hydroxylation sites is 2. The number of nitrogens with one attached hydrogen (secondary N) is 1. The first-order chi connectivity index (χ1) is 13.6. The standard InChI is InChI=1S/C22H29N5O.HI/c1-17-25-20-8-5-6-9-21(20)27(17)15-7-14-24-22(23-2)26(3)16-18-10-12-19(28-4)13-11-18;/h5-6,8-13H,7,14-16H2,1-4H3,(H,23,24);1H. The van der Waals surface area contributed by atoms with Gasteiger partial charge in [-0.3, -0.25) is 4.99 Å². The number of imidazole rings is 1. The van der Waals surface area contributed by atoms with Gasteiger partial charge in [0.25, 0.3) is 0 Å². The summed E-state index contributed by atoms with van der Waals surface area (Å²) in [5, 5.41) is 3.46. The lowest BCUT2D eigenvalue weighted by molar-refractivity contribution is 0.414. The molecule has 0 unspecified atom stereocenters. The molecular weight excluding hydrogens is 477 g/mol. The van der Waals surface area contributed by atoms with E-state index < -0.39 is 0 Å². The van der Waals surface area contributed by atoms with Crippen LogP contribution in [0, 0.1) is 6.92 Å². The van der Waals surface area contributed by atoms with E-state index >= 15 is 0 Å². The fraction of sp³-hybridized carbons (Fsp3) is 0.364. The van der Waals surface area contributed by atoms with Crippen molar-refractivity contribution in [2.75, 3.05) is 27.7 Å². The summed E-state index contributed by atoms with van der Waals surface area (Å²) in [5.74, 6) is 2.82. The molecule has 0 atom stereocenters. The molecule has 1 N–H and O–H groups in total. The number of guanidine groups is 1. The molecule has 3 aromatic rings. The third-order valence-corrected chi connectivity index (χ3v) is 4.84. The van der Waals surface area contributed by atoms with E-state index in [1.54, 1.807) is 7.11 Å². The number of methoxy groups -OCH3 is 1. The molecule has 0 saturated heterocycles. The predicted octanol–water partition coefficient (Wildman–Crippen LogP) is 4.07. The van der Waals surface area contributed by atoms with Gasteiger partial charge in [0.2, 0.25) is 0 Å². The van der Waals surface area contributed by atoms with Gasteiger partial charge in [-0.2, -0.15) is 0 Å². The predicted molar refractivity (Wildman–Crippen MR) is 130 cm³/mol. The summed E-state index contributed by atoms with van der Waals surface area (Å²) in [6, 6.07) is 16.4. The molecule has 3 rings (SSSR count). The Labute approximate surface area is 190 Å². The third kappa shape index (κ3) is 5.85. The molecule has 7 heteroatoms. The molecular formula is C22H30IN5O. The van der Waals surface area contributed by atoms with Gasteiger partial charge >= 0.3 is 0 Å². The molecule has 1 aromatic heterocycles. The molecule has 0 aliphatic heterocycles. The van der Waals surface area contributed by atoms with E-state index in [9.17, 15) is 0 Å². The number of aryl methyl sites for hydroxylation is 2. The largest absolute Gasteiger partial charge is 0.497 e. The van der Waals surface area contributed by atoms with Crippen molar-refractivity contribution in [3.63, 3.8) is 0 Å². The van der Waals surface area contributed by atoms with Crippen molar-refractivity contribution in [3.8, 4) is 5.75 Å². The van der Waals surface area contributed by atoms with Crippen LogP contribution in [0.3, 0.4) is 0 Å². The maximum atomic E-state index is 5.22. The van der Waals surface area contributed by atoms with Gasteiger partial charge in [0.1, 0.15) is 11.6 Å². The number of hydrogen-bond donors (Lipinski definition) is 1. The molecule has 156 valence electrons. The fourth-order valence-corrected chi connectivity index (χ4v) is 3.38. The zero-order chi connectivity index (χ0) is 19.9. The quantitative estimate of drug-likeness (QED) is 0.227. The highest BCUT2D eigenvalue weighted by Crippen LogP contribution is 2.16.